The standard InChI is InChI=1S/C29H25O3S/c1-29(2,26-12-7-10-21-8-3-5-11-25(21)26)32-28(30)20-31-23-14-16-24(17-15-23)33-19-18-22-9-4-6-13-27(22)33/h3-19H,20H2,1-2H3/q+1. The van der Waals surface area contributed by atoms with Crippen LogP contribution in [0.4, 0.5) is 0 Å². The highest BCUT2D eigenvalue weighted by Gasteiger charge is 2.27. The minimum absolute atomic E-state index is 0.0607. The first kappa shape index (κ1) is 21.2. The average molecular weight is 454 g/mol. The summed E-state index contributed by atoms with van der Waals surface area (Å²) in [5.74, 6) is 0.255. The Kier molecular flexibility index (Phi) is 5.61. The van der Waals surface area contributed by atoms with Gasteiger partial charge in [0.1, 0.15) is 16.7 Å². The number of esters is 1. The summed E-state index contributed by atoms with van der Waals surface area (Å²) in [4.78, 5) is 13.8. The van der Waals surface area contributed by atoms with Crippen molar-refractivity contribution in [2.45, 2.75) is 19.4 Å². The van der Waals surface area contributed by atoms with E-state index in [1.807, 2.05) is 50.2 Å². The summed E-state index contributed by atoms with van der Waals surface area (Å²) in [7, 11) is -0.0607. The molecule has 0 amide bonds. The van der Waals surface area contributed by atoms with Gasteiger partial charge in [-0.25, -0.2) is 4.79 Å². The summed E-state index contributed by atoms with van der Waals surface area (Å²) >= 11 is 0. The van der Waals surface area contributed by atoms with E-state index in [9.17, 15) is 4.79 Å². The molecular weight excluding hydrogens is 428 g/mol. The van der Waals surface area contributed by atoms with Crippen LogP contribution >= 0.6 is 10.5 Å². The first-order chi connectivity index (χ1) is 16.0. The fraction of sp³-hybridized carbons (Fsp3) is 0.138. The van der Waals surface area contributed by atoms with Crippen LogP contribution in [-0.2, 0) is 15.1 Å². The number of benzene rings is 4. The molecule has 0 bridgehead atoms. The van der Waals surface area contributed by atoms with Gasteiger partial charge in [-0.2, -0.15) is 0 Å². The molecule has 164 valence electrons. The van der Waals surface area contributed by atoms with Crippen LogP contribution in [0.25, 0.3) is 25.8 Å². The number of carbonyl (C=O) groups is 1. The predicted molar refractivity (Wildman–Crippen MR) is 136 cm³/mol. The fourth-order valence-electron chi connectivity index (χ4n) is 4.18. The molecule has 0 saturated carbocycles. The van der Waals surface area contributed by atoms with Crippen molar-refractivity contribution in [2.24, 2.45) is 0 Å². The Morgan fingerprint density at radius 2 is 1.48 bits per heavy atom. The molecule has 33 heavy (non-hydrogen) atoms. The first-order valence-electron chi connectivity index (χ1n) is 10.9. The van der Waals surface area contributed by atoms with E-state index in [-0.39, 0.29) is 17.1 Å². The minimum Gasteiger partial charge on any atom is -0.482 e. The summed E-state index contributed by atoms with van der Waals surface area (Å²) in [5.41, 5.74) is 0.207. The lowest BCUT2D eigenvalue weighted by Crippen LogP contribution is -2.28. The number of thiophene rings is 1. The number of carbonyl (C=O) groups excluding carboxylic acids is 1. The van der Waals surface area contributed by atoms with E-state index in [1.54, 1.807) is 0 Å². The zero-order valence-electron chi connectivity index (χ0n) is 18.7. The molecule has 0 saturated heterocycles. The van der Waals surface area contributed by atoms with Crippen molar-refractivity contribution in [3.8, 4) is 10.6 Å². The van der Waals surface area contributed by atoms with Gasteiger partial charge in [0.25, 0.3) is 0 Å². The number of hydrogen-bond acceptors (Lipinski definition) is 3. The first-order valence-corrected chi connectivity index (χ1v) is 12.2. The normalized spacial score (nSPS) is 12.1. The Hall–Kier alpha value is -3.63. The van der Waals surface area contributed by atoms with E-state index in [1.165, 1.54) is 15.0 Å². The molecule has 0 N–H and O–H groups in total. The molecular formula is C29H25O3S+. The predicted octanol–water partition coefficient (Wildman–Crippen LogP) is 7.59. The van der Waals surface area contributed by atoms with Crippen molar-refractivity contribution < 1.29 is 14.3 Å². The lowest BCUT2D eigenvalue weighted by molar-refractivity contribution is -0.159. The lowest BCUT2D eigenvalue weighted by atomic mass is 9.92. The second-order valence-corrected chi connectivity index (χ2v) is 10.3. The molecule has 1 unspecified atom stereocenters. The molecule has 0 fully saturated rings. The van der Waals surface area contributed by atoms with Gasteiger partial charge >= 0.3 is 5.97 Å². The summed E-state index contributed by atoms with van der Waals surface area (Å²) in [6.45, 7) is 3.69. The lowest BCUT2D eigenvalue weighted by Gasteiger charge is -2.27. The van der Waals surface area contributed by atoms with Gasteiger partial charge < -0.3 is 9.47 Å². The third kappa shape index (κ3) is 4.35. The second-order valence-electron chi connectivity index (χ2n) is 8.45. The number of ether oxygens (including phenoxy) is 2. The highest BCUT2D eigenvalue weighted by Crippen LogP contribution is 2.40. The van der Waals surface area contributed by atoms with Gasteiger partial charge in [0.15, 0.2) is 16.2 Å². The van der Waals surface area contributed by atoms with Crippen molar-refractivity contribution in [3.05, 3.63) is 108 Å². The summed E-state index contributed by atoms with van der Waals surface area (Å²) in [5, 5.41) is 5.72. The third-order valence-corrected chi connectivity index (χ3v) is 7.82. The van der Waals surface area contributed by atoms with E-state index in [0.717, 1.165) is 16.3 Å². The Labute approximate surface area is 196 Å². The molecule has 3 nitrogen and oxygen atoms in total. The third-order valence-electron chi connectivity index (χ3n) is 5.78. The van der Waals surface area contributed by atoms with Gasteiger partial charge in [-0.3, -0.25) is 0 Å². The van der Waals surface area contributed by atoms with E-state index in [4.69, 9.17) is 9.47 Å². The van der Waals surface area contributed by atoms with Crippen molar-refractivity contribution in [1.82, 2.24) is 0 Å². The van der Waals surface area contributed by atoms with Gasteiger partial charge in [-0.1, -0.05) is 54.6 Å². The van der Waals surface area contributed by atoms with Crippen molar-refractivity contribution >= 4 is 37.3 Å². The molecule has 0 radical (unpaired) electrons. The number of rotatable bonds is 6. The topological polar surface area (TPSA) is 35.5 Å². The Balaban J connectivity index is 1.25. The highest BCUT2D eigenvalue weighted by atomic mass is 32.2. The molecule has 0 aliphatic heterocycles. The van der Waals surface area contributed by atoms with Crippen LogP contribution in [0.3, 0.4) is 0 Å². The van der Waals surface area contributed by atoms with Gasteiger partial charge in [0.05, 0.1) is 0 Å². The summed E-state index contributed by atoms with van der Waals surface area (Å²) < 4.78 is 12.9. The molecule has 0 aliphatic rings. The van der Waals surface area contributed by atoms with Crippen molar-refractivity contribution in [2.75, 3.05) is 6.61 Å². The maximum absolute atomic E-state index is 12.6. The van der Waals surface area contributed by atoms with Gasteiger partial charge in [-0.05, 0) is 48.9 Å². The molecule has 1 aromatic heterocycles. The average Bonchev–Trinajstić information content (AvgIpc) is 3.27. The quantitative estimate of drug-likeness (QED) is 0.196. The molecule has 0 aliphatic carbocycles. The zero-order valence-corrected chi connectivity index (χ0v) is 19.5. The van der Waals surface area contributed by atoms with E-state index >= 15 is 0 Å². The Morgan fingerprint density at radius 1 is 0.788 bits per heavy atom. The number of fused-ring (bicyclic) bond motifs is 2. The molecule has 1 atom stereocenters. The van der Waals surface area contributed by atoms with E-state index < -0.39 is 11.6 Å². The van der Waals surface area contributed by atoms with Crippen LogP contribution in [0.2, 0.25) is 0 Å². The largest absolute Gasteiger partial charge is 0.482 e. The van der Waals surface area contributed by atoms with Gasteiger partial charge in [-0.15, -0.1) is 0 Å². The maximum Gasteiger partial charge on any atom is 0.345 e. The monoisotopic (exact) mass is 453 g/mol. The van der Waals surface area contributed by atoms with Crippen LogP contribution in [-0.4, -0.2) is 12.6 Å². The number of hydrogen-bond donors (Lipinski definition) is 0. The molecule has 5 aromatic rings. The maximum atomic E-state index is 12.6. The SMILES string of the molecule is CC(C)(OC(=O)COc1ccc(-[s+]2ccc3ccccc32)cc1)c1cccc2ccccc12. The highest BCUT2D eigenvalue weighted by molar-refractivity contribution is 7.43. The Morgan fingerprint density at radius 3 is 2.30 bits per heavy atom. The smallest absolute Gasteiger partial charge is 0.345 e. The molecule has 0 spiro atoms. The van der Waals surface area contributed by atoms with E-state index in [0.29, 0.717) is 5.75 Å². The Bertz CT molecular complexity index is 1430. The van der Waals surface area contributed by atoms with Crippen LogP contribution in [0, 0.1) is 0 Å². The van der Waals surface area contributed by atoms with Crippen LogP contribution in [0.15, 0.2) is 102 Å². The van der Waals surface area contributed by atoms with E-state index in [2.05, 4.69) is 66.0 Å². The van der Waals surface area contributed by atoms with Crippen molar-refractivity contribution in [3.63, 3.8) is 0 Å². The molecule has 4 aromatic carbocycles. The molecule has 4 heteroatoms. The fourth-order valence-corrected chi connectivity index (χ4v) is 6.07. The zero-order chi connectivity index (χ0) is 22.8. The van der Waals surface area contributed by atoms with Gasteiger partial charge in [0, 0.05) is 39.6 Å². The van der Waals surface area contributed by atoms with Crippen molar-refractivity contribution in [1.29, 1.82) is 0 Å². The molecule has 5 rings (SSSR count). The molecule has 1 heterocycles. The second kappa shape index (κ2) is 8.72. The summed E-state index contributed by atoms with van der Waals surface area (Å²) in [6.07, 6.45) is 0. The minimum atomic E-state index is -0.769. The van der Waals surface area contributed by atoms with Gasteiger partial charge in [0.2, 0.25) is 0 Å². The summed E-state index contributed by atoms with van der Waals surface area (Å²) in [6, 6.07) is 32.8. The van der Waals surface area contributed by atoms with Crippen LogP contribution in [0.1, 0.15) is 19.4 Å². The van der Waals surface area contributed by atoms with Crippen LogP contribution in [0.5, 0.6) is 5.75 Å². The van der Waals surface area contributed by atoms with Crippen LogP contribution < -0.4 is 4.74 Å².